The van der Waals surface area contributed by atoms with E-state index in [0.29, 0.717) is 30.9 Å². The van der Waals surface area contributed by atoms with E-state index >= 15 is 0 Å². The first-order chi connectivity index (χ1) is 10.7. The Balaban J connectivity index is 1.60. The van der Waals surface area contributed by atoms with E-state index in [9.17, 15) is 4.39 Å². The van der Waals surface area contributed by atoms with Gasteiger partial charge in [0.25, 0.3) is 0 Å². The zero-order chi connectivity index (χ0) is 15.5. The van der Waals surface area contributed by atoms with Crippen molar-refractivity contribution in [3.63, 3.8) is 0 Å². The molecular weight excluding hydrogens is 283 g/mol. The molecule has 1 saturated heterocycles. The zero-order valence-corrected chi connectivity index (χ0v) is 12.9. The van der Waals surface area contributed by atoms with E-state index in [1.807, 2.05) is 0 Å². The van der Waals surface area contributed by atoms with Crippen LogP contribution in [-0.2, 0) is 0 Å². The van der Waals surface area contributed by atoms with Gasteiger partial charge in [-0.05, 0) is 44.1 Å². The molecule has 22 heavy (non-hydrogen) atoms. The highest BCUT2D eigenvalue weighted by Gasteiger charge is 2.26. The molecule has 2 aliphatic heterocycles. The van der Waals surface area contributed by atoms with Gasteiger partial charge in [0.2, 0.25) is 0 Å². The van der Waals surface area contributed by atoms with Gasteiger partial charge in [-0.1, -0.05) is 6.92 Å². The van der Waals surface area contributed by atoms with E-state index in [1.165, 1.54) is 25.0 Å². The molecule has 0 amide bonds. The molecule has 0 spiro atoms. The number of aliphatic imine (C=N–C) groups is 1. The molecule has 5 nitrogen and oxygen atoms in total. The van der Waals surface area contributed by atoms with Gasteiger partial charge in [0.1, 0.15) is 18.2 Å². The van der Waals surface area contributed by atoms with Crippen LogP contribution in [0.2, 0.25) is 0 Å². The van der Waals surface area contributed by atoms with Crippen LogP contribution in [-0.4, -0.2) is 43.1 Å². The van der Waals surface area contributed by atoms with Crippen LogP contribution in [0.3, 0.4) is 0 Å². The van der Waals surface area contributed by atoms with Crippen molar-refractivity contribution in [3.8, 4) is 5.75 Å². The van der Waals surface area contributed by atoms with Crippen molar-refractivity contribution in [2.45, 2.75) is 31.8 Å². The molecule has 1 aromatic rings. The number of guanidine groups is 1. The topological polar surface area (TPSA) is 62.9 Å². The first-order valence-electron chi connectivity index (χ1n) is 7.90. The highest BCUT2D eigenvalue weighted by Crippen LogP contribution is 2.32. The molecule has 0 aliphatic carbocycles. The number of likely N-dealkylation sites (tertiary alicyclic amines) is 1. The van der Waals surface area contributed by atoms with Gasteiger partial charge in [-0.15, -0.1) is 0 Å². The first kappa shape index (κ1) is 15.1. The van der Waals surface area contributed by atoms with E-state index < -0.39 is 0 Å². The predicted molar refractivity (Wildman–Crippen MR) is 84.5 cm³/mol. The minimum atomic E-state index is -0.267. The van der Waals surface area contributed by atoms with Crippen molar-refractivity contribution < 1.29 is 9.13 Å². The summed E-state index contributed by atoms with van der Waals surface area (Å²) in [5.41, 5.74) is 6.78. The second kappa shape index (κ2) is 6.52. The van der Waals surface area contributed by atoms with Gasteiger partial charge >= 0.3 is 0 Å². The van der Waals surface area contributed by atoms with Gasteiger partial charge in [-0.25, -0.2) is 4.39 Å². The average molecular weight is 306 g/mol. The lowest BCUT2D eigenvalue weighted by Crippen LogP contribution is -2.38. The molecule has 0 saturated carbocycles. The standard InChI is InChI=1S/C16H23FN4O/c1-2-21-7-3-4-12(21)9-19-16(18)20-14-10-22-15-6-5-11(17)8-13(14)15/h5-6,8,12,14H,2-4,7,9-10H2,1H3,(H3,18,19,20). The second-order valence-corrected chi connectivity index (χ2v) is 5.84. The van der Waals surface area contributed by atoms with Crippen molar-refractivity contribution in [1.29, 1.82) is 0 Å². The molecule has 120 valence electrons. The van der Waals surface area contributed by atoms with E-state index in [0.717, 1.165) is 18.7 Å². The third-order valence-corrected chi connectivity index (χ3v) is 4.45. The molecule has 0 radical (unpaired) electrons. The highest BCUT2D eigenvalue weighted by atomic mass is 19.1. The number of benzene rings is 1. The lowest BCUT2D eigenvalue weighted by atomic mass is 10.1. The summed E-state index contributed by atoms with van der Waals surface area (Å²) >= 11 is 0. The second-order valence-electron chi connectivity index (χ2n) is 5.84. The summed E-state index contributed by atoms with van der Waals surface area (Å²) in [6.07, 6.45) is 2.40. The largest absolute Gasteiger partial charge is 0.491 e. The van der Waals surface area contributed by atoms with Crippen LogP contribution >= 0.6 is 0 Å². The van der Waals surface area contributed by atoms with Crippen molar-refractivity contribution in [3.05, 3.63) is 29.6 Å². The predicted octanol–water partition coefficient (Wildman–Crippen LogP) is 1.65. The van der Waals surface area contributed by atoms with Crippen molar-refractivity contribution in [2.75, 3.05) is 26.2 Å². The monoisotopic (exact) mass is 306 g/mol. The summed E-state index contributed by atoms with van der Waals surface area (Å²) in [6, 6.07) is 4.88. The van der Waals surface area contributed by atoms with Crippen LogP contribution in [0.15, 0.2) is 23.2 Å². The molecule has 1 fully saturated rings. The number of nitrogens with zero attached hydrogens (tertiary/aromatic N) is 2. The quantitative estimate of drug-likeness (QED) is 0.656. The third kappa shape index (κ3) is 3.16. The Bertz CT molecular complexity index is 563. The number of hydrogen-bond acceptors (Lipinski definition) is 3. The van der Waals surface area contributed by atoms with Gasteiger partial charge in [-0.2, -0.15) is 0 Å². The van der Waals surface area contributed by atoms with Crippen LogP contribution in [0.25, 0.3) is 0 Å². The third-order valence-electron chi connectivity index (χ3n) is 4.45. The number of fused-ring (bicyclic) bond motifs is 1. The maximum atomic E-state index is 13.4. The van der Waals surface area contributed by atoms with E-state index in [4.69, 9.17) is 10.5 Å². The number of likely N-dealkylation sites (N-methyl/N-ethyl adjacent to an activating group) is 1. The molecule has 0 bridgehead atoms. The SMILES string of the molecule is CCN1CCCC1CN=C(N)NC1COc2ccc(F)cc21. The van der Waals surface area contributed by atoms with Crippen LogP contribution in [0.1, 0.15) is 31.4 Å². The Labute approximate surface area is 130 Å². The minimum absolute atomic E-state index is 0.139. The number of halogens is 1. The molecule has 2 atom stereocenters. The van der Waals surface area contributed by atoms with Crippen molar-refractivity contribution in [2.24, 2.45) is 10.7 Å². The minimum Gasteiger partial charge on any atom is -0.491 e. The summed E-state index contributed by atoms with van der Waals surface area (Å²) in [5, 5.41) is 3.14. The van der Waals surface area contributed by atoms with Crippen LogP contribution in [0.4, 0.5) is 4.39 Å². The Kier molecular flexibility index (Phi) is 4.47. The summed E-state index contributed by atoms with van der Waals surface area (Å²) < 4.78 is 18.9. The summed E-state index contributed by atoms with van der Waals surface area (Å²) in [5.74, 6) is 0.837. The lowest BCUT2D eigenvalue weighted by Gasteiger charge is -2.21. The fraction of sp³-hybridized carbons (Fsp3) is 0.562. The van der Waals surface area contributed by atoms with Gasteiger partial charge in [-0.3, -0.25) is 9.89 Å². The van der Waals surface area contributed by atoms with E-state index in [-0.39, 0.29) is 11.9 Å². The molecule has 2 heterocycles. The normalized spacial score (nSPS) is 25.1. The fourth-order valence-electron chi connectivity index (χ4n) is 3.25. The molecule has 6 heteroatoms. The highest BCUT2D eigenvalue weighted by molar-refractivity contribution is 5.78. The number of nitrogens with one attached hydrogen (secondary N) is 1. The van der Waals surface area contributed by atoms with E-state index in [2.05, 4.69) is 22.1 Å². The van der Waals surface area contributed by atoms with Crippen LogP contribution < -0.4 is 15.8 Å². The number of nitrogens with two attached hydrogens (primary N) is 1. The molecule has 2 aliphatic rings. The molecular formula is C16H23FN4O. The van der Waals surface area contributed by atoms with Gasteiger partial charge in [0, 0.05) is 11.6 Å². The Morgan fingerprint density at radius 1 is 1.55 bits per heavy atom. The number of ether oxygens (including phenoxy) is 1. The van der Waals surface area contributed by atoms with E-state index in [1.54, 1.807) is 6.07 Å². The summed E-state index contributed by atoms with van der Waals surface area (Å²) in [4.78, 5) is 6.89. The maximum Gasteiger partial charge on any atom is 0.189 e. The summed E-state index contributed by atoms with van der Waals surface area (Å²) in [6.45, 7) is 5.52. The van der Waals surface area contributed by atoms with Crippen molar-refractivity contribution in [1.82, 2.24) is 10.2 Å². The average Bonchev–Trinajstić information content (AvgIpc) is 3.12. The number of hydrogen-bond donors (Lipinski definition) is 2. The molecule has 3 rings (SSSR count). The molecule has 2 unspecified atom stereocenters. The fourth-order valence-corrected chi connectivity index (χ4v) is 3.25. The maximum absolute atomic E-state index is 13.4. The summed E-state index contributed by atoms with van der Waals surface area (Å²) in [7, 11) is 0. The van der Waals surface area contributed by atoms with Gasteiger partial charge in [0.05, 0.1) is 12.6 Å². The number of rotatable bonds is 4. The first-order valence-corrected chi connectivity index (χ1v) is 7.90. The Hall–Kier alpha value is -1.82. The smallest absolute Gasteiger partial charge is 0.189 e. The van der Waals surface area contributed by atoms with Crippen molar-refractivity contribution >= 4 is 5.96 Å². The molecule has 1 aromatic carbocycles. The zero-order valence-electron chi connectivity index (χ0n) is 12.9. The Morgan fingerprint density at radius 2 is 2.41 bits per heavy atom. The van der Waals surface area contributed by atoms with Gasteiger partial charge in [0.15, 0.2) is 5.96 Å². The molecule has 0 aromatic heterocycles. The Morgan fingerprint density at radius 3 is 3.23 bits per heavy atom. The van der Waals surface area contributed by atoms with Crippen LogP contribution in [0.5, 0.6) is 5.75 Å². The molecule has 3 N–H and O–H groups in total. The van der Waals surface area contributed by atoms with Gasteiger partial charge < -0.3 is 15.8 Å². The lowest BCUT2D eigenvalue weighted by molar-refractivity contribution is 0.273. The van der Waals surface area contributed by atoms with Crippen LogP contribution in [0, 0.1) is 5.82 Å².